The molecular formula is C13H19N3O2. The standard InChI is InChI=1S/C13H19N3O2/c1-11-6-9-16(13(18)14-11)10-12(17)15-7-4-2-3-5-8-15/h6,9H,2-5,7-8,10H2,1H3. The van der Waals surface area contributed by atoms with Crippen molar-refractivity contribution in [3.05, 3.63) is 28.4 Å². The zero-order valence-corrected chi connectivity index (χ0v) is 10.8. The van der Waals surface area contributed by atoms with Gasteiger partial charge in [0.25, 0.3) is 0 Å². The Bertz CT molecular complexity index is 473. The van der Waals surface area contributed by atoms with Gasteiger partial charge in [0.15, 0.2) is 0 Å². The average Bonchev–Trinajstić information content (AvgIpc) is 2.61. The molecule has 1 amide bonds. The van der Waals surface area contributed by atoms with Gasteiger partial charge in [0.1, 0.15) is 6.54 Å². The summed E-state index contributed by atoms with van der Waals surface area (Å²) >= 11 is 0. The van der Waals surface area contributed by atoms with Crippen molar-refractivity contribution in [2.24, 2.45) is 0 Å². The second-order valence-corrected chi connectivity index (χ2v) is 4.77. The van der Waals surface area contributed by atoms with Crippen LogP contribution >= 0.6 is 0 Å². The van der Waals surface area contributed by atoms with E-state index in [1.54, 1.807) is 19.2 Å². The molecule has 0 spiro atoms. The highest BCUT2D eigenvalue weighted by Gasteiger charge is 2.16. The summed E-state index contributed by atoms with van der Waals surface area (Å²) in [4.78, 5) is 29.4. The molecule has 1 aromatic heterocycles. The molecule has 0 radical (unpaired) electrons. The third kappa shape index (κ3) is 3.18. The molecule has 2 rings (SSSR count). The summed E-state index contributed by atoms with van der Waals surface area (Å²) < 4.78 is 1.38. The van der Waals surface area contributed by atoms with Gasteiger partial charge in [-0.3, -0.25) is 9.36 Å². The highest BCUT2D eigenvalue weighted by Crippen LogP contribution is 2.09. The van der Waals surface area contributed by atoms with Gasteiger partial charge in [0, 0.05) is 25.0 Å². The van der Waals surface area contributed by atoms with Gasteiger partial charge in [-0.1, -0.05) is 12.8 Å². The largest absolute Gasteiger partial charge is 0.348 e. The lowest BCUT2D eigenvalue weighted by molar-refractivity contribution is -0.131. The van der Waals surface area contributed by atoms with Gasteiger partial charge in [-0.15, -0.1) is 0 Å². The number of aryl methyl sites for hydroxylation is 1. The third-order valence-corrected chi connectivity index (χ3v) is 3.28. The van der Waals surface area contributed by atoms with Gasteiger partial charge in [-0.25, -0.2) is 4.79 Å². The van der Waals surface area contributed by atoms with Crippen LogP contribution in [0.5, 0.6) is 0 Å². The molecule has 5 heteroatoms. The number of carbonyl (C=O) groups excluding carboxylic acids is 1. The van der Waals surface area contributed by atoms with Gasteiger partial charge < -0.3 is 4.90 Å². The Balaban J connectivity index is 2.03. The predicted molar refractivity (Wildman–Crippen MR) is 68.3 cm³/mol. The zero-order valence-electron chi connectivity index (χ0n) is 10.8. The van der Waals surface area contributed by atoms with Crippen LogP contribution in [0.3, 0.4) is 0 Å². The monoisotopic (exact) mass is 249 g/mol. The van der Waals surface area contributed by atoms with Crippen LogP contribution in [-0.4, -0.2) is 33.4 Å². The molecular weight excluding hydrogens is 230 g/mol. The molecule has 0 atom stereocenters. The Hall–Kier alpha value is -1.65. The van der Waals surface area contributed by atoms with Crippen molar-refractivity contribution in [2.75, 3.05) is 13.1 Å². The second kappa shape index (κ2) is 5.80. The summed E-state index contributed by atoms with van der Waals surface area (Å²) in [5.41, 5.74) is 0.330. The maximum absolute atomic E-state index is 12.1. The Morgan fingerprint density at radius 1 is 1.28 bits per heavy atom. The molecule has 0 aliphatic carbocycles. The second-order valence-electron chi connectivity index (χ2n) is 4.77. The lowest BCUT2D eigenvalue weighted by Crippen LogP contribution is -2.37. The molecule has 0 N–H and O–H groups in total. The first-order valence-electron chi connectivity index (χ1n) is 6.49. The smallest absolute Gasteiger partial charge is 0.341 e. The van der Waals surface area contributed by atoms with E-state index in [0.29, 0.717) is 5.69 Å². The van der Waals surface area contributed by atoms with E-state index in [1.165, 1.54) is 17.4 Å². The Labute approximate surface area is 106 Å². The van der Waals surface area contributed by atoms with E-state index >= 15 is 0 Å². The van der Waals surface area contributed by atoms with Gasteiger partial charge in [-0.05, 0) is 25.8 Å². The van der Waals surface area contributed by atoms with E-state index < -0.39 is 0 Å². The SMILES string of the molecule is Cc1ccn(CC(=O)N2CCCCCC2)c(=O)n1. The van der Waals surface area contributed by atoms with Crippen LogP contribution in [0.25, 0.3) is 0 Å². The van der Waals surface area contributed by atoms with Crippen LogP contribution in [0.15, 0.2) is 17.1 Å². The minimum atomic E-state index is -0.349. The van der Waals surface area contributed by atoms with Crippen molar-refractivity contribution in [2.45, 2.75) is 39.2 Å². The van der Waals surface area contributed by atoms with E-state index in [9.17, 15) is 9.59 Å². The van der Waals surface area contributed by atoms with Gasteiger partial charge in [-0.2, -0.15) is 4.98 Å². The van der Waals surface area contributed by atoms with Gasteiger partial charge >= 0.3 is 5.69 Å². The molecule has 5 nitrogen and oxygen atoms in total. The summed E-state index contributed by atoms with van der Waals surface area (Å²) in [5, 5.41) is 0. The van der Waals surface area contributed by atoms with Crippen molar-refractivity contribution in [3.8, 4) is 0 Å². The zero-order chi connectivity index (χ0) is 13.0. The highest BCUT2D eigenvalue weighted by atomic mass is 16.2. The molecule has 1 aliphatic heterocycles. The fourth-order valence-electron chi connectivity index (χ4n) is 2.20. The summed E-state index contributed by atoms with van der Waals surface area (Å²) in [7, 11) is 0. The number of amides is 1. The van der Waals surface area contributed by atoms with E-state index in [4.69, 9.17) is 0 Å². The van der Waals surface area contributed by atoms with Crippen LogP contribution < -0.4 is 5.69 Å². The predicted octanol–water partition coefficient (Wildman–Crippen LogP) is 0.954. The van der Waals surface area contributed by atoms with E-state index in [2.05, 4.69) is 4.98 Å². The van der Waals surface area contributed by atoms with E-state index in [-0.39, 0.29) is 18.1 Å². The number of nitrogens with zero attached hydrogens (tertiary/aromatic N) is 3. The summed E-state index contributed by atoms with van der Waals surface area (Å²) in [6, 6.07) is 1.75. The van der Waals surface area contributed by atoms with Crippen LogP contribution in [0, 0.1) is 6.92 Å². The van der Waals surface area contributed by atoms with Crippen LogP contribution in [-0.2, 0) is 11.3 Å². The number of likely N-dealkylation sites (tertiary alicyclic amines) is 1. The van der Waals surface area contributed by atoms with Crippen molar-refractivity contribution in [1.29, 1.82) is 0 Å². The maximum atomic E-state index is 12.1. The van der Waals surface area contributed by atoms with Crippen molar-refractivity contribution < 1.29 is 4.79 Å². The molecule has 98 valence electrons. The van der Waals surface area contributed by atoms with E-state index in [1.807, 2.05) is 4.90 Å². The molecule has 0 bridgehead atoms. The Kier molecular flexibility index (Phi) is 4.12. The first-order valence-corrected chi connectivity index (χ1v) is 6.49. The molecule has 0 saturated carbocycles. The number of hydrogen-bond donors (Lipinski definition) is 0. The summed E-state index contributed by atoms with van der Waals surface area (Å²) in [6.07, 6.45) is 6.14. The Morgan fingerprint density at radius 2 is 1.94 bits per heavy atom. The first-order chi connectivity index (χ1) is 8.66. The molecule has 1 saturated heterocycles. The van der Waals surface area contributed by atoms with Crippen LogP contribution in [0.1, 0.15) is 31.4 Å². The molecule has 1 aliphatic rings. The quantitative estimate of drug-likeness (QED) is 0.784. The molecule has 1 aromatic rings. The summed E-state index contributed by atoms with van der Waals surface area (Å²) in [6.45, 7) is 3.49. The third-order valence-electron chi connectivity index (χ3n) is 3.28. The molecule has 18 heavy (non-hydrogen) atoms. The Morgan fingerprint density at radius 3 is 2.56 bits per heavy atom. The van der Waals surface area contributed by atoms with Gasteiger partial charge in [0.2, 0.25) is 5.91 Å². The minimum absolute atomic E-state index is 0.0182. The first kappa shape index (κ1) is 12.8. The molecule has 0 aromatic carbocycles. The average molecular weight is 249 g/mol. The molecule has 0 unspecified atom stereocenters. The van der Waals surface area contributed by atoms with Crippen molar-refractivity contribution >= 4 is 5.91 Å². The number of hydrogen-bond acceptors (Lipinski definition) is 3. The molecule has 2 heterocycles. The fourth-order valence-corrected chi connectivity index (χ4v) is 2.20. The topological polar surface area (TPSA) is 55.2 Å². The number of carbonyl (C=O) groups is 1. The number of aromatic nitrogens is 2. The van der Waals surface area contributed by atoms with Crippen LogP contribution in [0.2, 0.25) is 0 Å². The molecule has 1 fully saturated rings. The van der Waals surface area contributed by atoms with Crippen molar-refractivity contribution in [3.63, 3.8) is 0 Å². The van der Waals surface area contributed by atoms with Crippen molar-refractivity contribution in [1.82, 2.24) is 14.5 Å². The lowest BCUT2D eigenvalue weighted by Gasteiger charge is -2.20. The van der Waals surface area contributed by atoms with E-state index in [0.717, 1.165) is 25.9 Å². The lowest BCUT2D eigenvalue weighted by atomic mass is 10.2. The highest BCUT2D eigenvalue weighted by molar-refractivity contribution is 5.76. The number of rotatable bonds is 2. The van der Waals surface area contributed by atoms with Crippen LogP contribution in [0.4, 0.5) is 0 Å². The fraction of sp³-hybridized carbons (Fsp3) is 0.615. The minimum Gasteiger partial charge on any atom is -0.341 e. The normalized spacial score (nSPS) is 16.4. The van der Waals surface area contributed by atoms with Gasteiger partial charge in [0.05, 0.1) is 0 Å². The maximum Gasteiger partial charge on any atom is 0.348 e. The summed E-state index contributed by atoms with van der Waals surface area (Å²) in [5.74, 6) is 0.0182.